The fraction of sp³-hybridized carbons (Fsp3) is 0.294. The van der Waals surface area contributed by atoms with E-state index in [-0.39, 0.29) is 17.7 Å². The number of hydrogen-bond donors (Lipinski definition) is 1. The Hall–Kier alpha value is -1.26. The zero-order valence-corrected chi connectivity index (χ0v) is 13.7. The van der Waals surface area contributed by atoms with Gasteiger partial charge in [0.15, 0.2) is 0 Å². The highest BCUT2D eigenvalue weighted by molar-refractivity contribution is 9.10. The average Bonchev–Trinajstić information content (AvgIpc) is 2.46. The van der Waals surface area contributed by atoms with Crippen LogP contribution in [0.5, 0.6) is 0 Å². The van der Waals surface area contributed by atoms with Gasteiger partial charge in [0.1, 0.15) is 11.6 Å². The van der Waals surface area contributed by atoms with E-state index < -0.39 is 0 Å². The molecule has 0 fully saturated rings. The number of hydrogen-bond acceptors (Lipinski definition) is 1. The first-order valence-corrected chi connectivity index (χ1v) is 7.76. The average molecular weight is 354 g/mol. The number of nitrogens with one attached hydrogen (secondary N) is 1. The standard InChI is InChI=1S/C17H18BrF2N/c1-3-8-21-17(12-4-6-15(19)11(2)9-12)13-5-7-16(20)14(18)10-13/h4-7,9-10,17,21H,3,8H2,1-2H3. The minimum absolute atomic E-state index is 0.0823. The lowest BCUT2D eigenvalue weighted by Gasteiger charge is -2.20. The van der Waals surface area contributed by atoms with Gasteiger partial charge in [-0.3, -0.25) is 0 Å². The molecule has 0 aliphatic rings. The second-order valence-electron chi connectivity index (χ2n) is 5.07. The highest BCUT2D eigenvalue weighted by Gasteiger charge is 2.15. The van der Waals surface area contributed by atoms with Crippen molar-refractivity contribution < 1.29 is 8.78 Å². The minimum atomic E-state index is -0.289. The zero-order chi connectivity index (χ0) is 15.4. The topological polar surface area (TPSA) is 12.0 Å². The Balaban J connectivity index is 2.41. The van der Waals surface area contributed by atoms with Crippen molar-refractivity contribution in [2.24, 2.45) is 0 Å². The van der Waals surface area contributed by atoms with Crippen LogP contribution >= 0.6 is 15.9 Å². The molecule has 0 saturated heterocycles. The molecular formula is C17H18BrF2N. The Morgan fingerprint density at radius 2 is 1.67 bits per heavy atom. The molecule has 21 heavy (non-hydrogen) atoms. The first-order chi connectivity index (χ1) is 10.0. The van der Waals surface area contributed by atoms with E-state index in [1.54, 1.807) is 25.1 Å². The number of aryl methyl sites for hydroxylation is 1. The van der Waals surface area contributed by atoms with Crippen molar-refractivity contribution in [3.05, 3.63) is 69.2 Å². The van der Waals surface area contributed by atoms with Crippen LogP contribution < -0.4 is 5.32 Å². The molecule has 1 atom stereocenters. The second-order valence-corrected chi connectivity index (χ2v) is 5.92. The van der Waals surface area contributed by atoms with Gasteiger partial charge < -0.3 is 5.32 Å². The first kappa shape index (κ1) is 16.1. The lowest BCUT2D eigenvalue weighted by atomic mass is 9.97. The lowest BCUT2D eigenvalue weighted by Crippen LogP contribution is -2.23. The predicted molar refractivity (Wildman–Crippen MR) is 85.4 cm³/mol. The molecule has 0 radical (unpaired) electrons. The molecule has 1 N–H and O–H groups in total. The largest absolute Gasteiger partial charge is 0.306 e. The molecule has 112 valence electrons. The third-order valence-corrected chi connectivity index (χ3v) is 4.00. The molecule has 2 aromatic carbocycles. The molecule has 2 rings (SSSR count). The van der Waals surface area contributed by atoms with Crippen LogP contribution in [0, 0.1) is 18.6 Å². The molecule has 0 aliphatic heterocycles. The summed E-state index contributed by atoms with van der Waals surface area (Å²) in [6.07, 6.45) is 0.985. The number of halogens is 3. The van der Waals surface area contributed by atoms with Gasteiger partial charge in [-0.1, -0.05) is 25.1 Å². The van der Waals surface area contributed by atoms with Crippen LogP contribution in [0.4, 0.5) is 8.78 Å². The zero-order valence-electron chi connectivity index (χ0n) is 12.1. The molecule has 1 unspecified atom stereocenters. The van der Waals surface area contributed by atoms with E-state index in [0.29, 0.717) is 10.0 Å². The van der Waals surface area contributed by atoms with Gasteiger partial charge in [0, 0.05) is 0 Å². The van der Waals surface area contributed by atoms with Crippen molar-refractivity contribution >= 4 is 15.9 Å². The van der Waals surface area contributed by atoms with Gasteiger partial charge in [0.05, 0.1) is 10.5 Å². The van der Waals surface area contributed by atoms with Crippen LogP contribution in [0.15, 0.2) is 40.9 Å². The predicted octanol–water partition coefficient (Wildman–Crippen LogP) is 5.12. The first-order valence-electron chi connectivity index (χ1n) is 6.97. The molecule has 0 bridgehead atoms. The molecule has 0 aliphatic carbocycles. The summed E-state index contributed by atoms with van der Waals surface area (Å²) in [5.74, 6) is -0.503. The van der Waals surface area contributed by atoms with E-state index >= 15 is 0 Å². The van der Waals surface area contributed by atoms with E-state index in [1.807, 2.05) is 6.07 Å². The van der Waals surface area contributed by atoms with Crippen LogP contribution in [0.25, 0.3) is 0 Å². The van der Waals surface area contributed by atoms with E-state index in [9.17, 15) is 8.78 Å². The fourth-order valence-electron chi connectivity index (χ4n) is 2.26. The van der Waals surface area contributed by atoms with Gasteiger partial charge in [0.25, 0.3) is 0 Å². The van der Waals surface area contributed by atoms with Crippen LogP contribution in [0.1, 0.15) is 36.1 Å². The summed E-state index contributed by atoms with van der Waals surface area (Å²) in [4.78, 5) is 0. The lowest BCUT2D eigenvalue weighted by molar-refractivity contribution is 0.585. The van der Waals surface area contributed by atoms with Gasteiger partial charge >= 0.3 is 0 Å². The number of benzene rings is 2. The van der Waals surface area contributed by atoms with Crippen molar-refractivity contribution in [3.63, 3.8) is 0 Å². The summed E-state index contributed by atoms with van der Waals surface area (Å²) in [5.41, 5.74) is 2.53. The molecular weight excluding hydrogens is 336 g/mol. The van der Waals surface area contributed by atoms with Crippen LogP contribution in [0.3, 0.4) is 0 Å². The summed E-state index contributed by atoms with van der Waals surface area (Å²) in [7, 11) is 0. The normalized spacial score (nSPS) is 12.4. The second kappa shape index (κ2) is 7.14. The van der Waals surface area contributed by atoms with Gasteiger partial charge in [-0.25, -0.2) is 8.78 Å². The minimum Gasteiger partial charge on any atom is -0.306 e. The molecule has 0 saturated carbocycles. The smallest absolute Gasteiger partial charge is 0.137 e. The fourth-order valence-corrected chi connectivity index (χ4v) is 2.65. The van der Waals surface area contributed by atoms with Crippen LogP contribution in [0.2, 0.25) is 0 Å². The van der Waals surface area contributed by atoms with E-state index in [0.717, 1.165) is 24.1 Å². The molecule has 0 heterocycles. The molecule has 0 aromatic heterocycles. The van der Waals surface area contributed by atoms with Crippen LogP contribution in [-0.2, 0) is 0 Å². The molecule has 2 aromatic rings. The quantitative estimate of drug-likeness (QED) is 0.785. The SMILES string of the molecule is CCCNC(c1ccc(F)c(C)c1)c1ccc(F)c(Br)c1. The Morgan fingerprint density at radius 3 is 2.24 bits per heavy atom. The Morgan fingerprint density at radius 1 is 1.05 bits per heavy atom. The Kier molecular flexibility index (Phi) is 5.48. The Bertz CT molecular complexity index is 577. The van der Waals surface area contributed by atoms with E-state index in [4.69, 9.17) is 0 Å². The van der Waals surface area contributed by atoms with Gasteiger partial charge in [-0.2, -0.15) is 0 Å². The summed E-state index contributed by atoms with van der Waals surface area (Å²) in [5, 5.41) is 3.43. The highest BCUT2D eigenvalue weighted by atomic mass is 79.9. The van der Waals surface area contributed by atoms with E-state index in [2.05, 4.69) is 28.2 Å². The third kappa shape index (κ3) is 3.89. The number of rotatable bonds is 5. The van der Waals surface area contributed by atoms with Gasteiger partial charge in [0.2, 0.25) is 0 Å². The van der Waals surface area contributed by atoms with Crippen molar-refractivity contribution in [1.82, 2.24) is 5.32 Å². The van der Waals surface area contributed by atoms with Crippen molar-refractivity contribution in [2.45, 2.75) is 26.3 Å². The highest BCUT2D eigenvalue weighted by Crippen LogP contribution is 2.27. The monoisotopic (exact) mass is 353 g/mol. The summed E-state index contributed by atoms with van der Waals surface area (Å²) in [6.45, 7) is 4.66. The van der Waals surface area contributed by atoms with E-state index in [1.165, 1.54) is 12.1 Å². The Labute approximate surface area is 132 Å². The summed E-state index contributed by atoms with van der Waals surface area (Å²) >= 11 is 3.22. The maximum absolute atomic E-state index is 13.5. The van der Waals surface area contributed by atoms with Gasteiger partial charge in [-0.05, 0) is 70.7 Å². The van der Waals surface area contributed by atoms with Crippen molar-refractivity contribution in [3.8, 4) is 0 Å². The van der Waals surface area contributed by atoms with Crippen molar-refractivity contribution in [2.75, 3.05) is 6.54 Å². The molecule has 0 amide bonds. The van der Waals surface area contributed by atoms with Crippen molar-refractivity contribution in [1.29, 1.82) is 0 Å². The van der Waals surface area contributed by atoms with Gasteiger partial charge in [-0.15, -0.1) is 0 Å². The molecule has 1 nitrogen and oxygen atoms in total. The maximum Gasteiger partial charge on any atom is 0.137 e. The molecule has 0 spiro atoms. The third-order valence-electron chi connectivity index (χ3n) is 3.39. The maximum atomic E-state index is 13.5. The molecule has 4 heteroatoms. The van der Waals surface area contributed by atoms with Crippen LogP contribution in [-0.4, -0.2) is 6.54 Å². The summed E-state index contributed by atoms with van der Waals surface area (Å²) < 4.78 is 27.3. The summed E-state index contributed by atoms with van der Waals surface area (Å²) in [6, 6.07) is 9.96.